The van der Waals surface area contributed by atoms with E-state index in [1.54, 1.807) is 42.5 Å². The molecular weight excluding hydrogens is 530 g/mol. The van der Waals surface area contributed by atoms with Crippen molar-refractivity contribution in [3.8, 4) is 0 Å². The van der Waals surface area contributed by atoms with Crippen molar-refractivity contribution in [2.24, 2.45) is 0 Å². The van der Waals surface area contributed by atoms with Crippen molar-refractivity contribution in [3.63, 3.8) is 0 Å². The second-order valence-electron chi connectivity index (χ2n) is 8.68. The molecule has 7 nitrogen and oxygen atoms in total. The number of carbonyl (C=O) groups excluding carboxylic acids is 2. The number of benzene rings is 4. The lowest BCUT2D eigenvalue weighted by molar-refractivity contribution is -0.115. The van der Waals surface area contributed by atoms with E-state index in [9.17, 15) is 19.5 Å². The van der Waals surface area contributed by atoms with Crippen LogP contribution in [0.5, 0.6) is 0 Å². The van der Waals surface area contributed by atoms with E-state index in [4.69, 9.17) is 0 Å². The molecule has 0 bridgehead atoms. The van der Waals surface area contributed by atoms with Crippen LogP contribution in [0.2, 0.25) is 0 Å². The lowest BCUT2D eigenvalue weighted by atomic mass is 9.98. The molecule has 194 valence electrons. The van der Waals surface area contributed by atoms with Crippen molar-refractivity contribution in [2.45, 2.75) is 17.1 Å². The van der Waals surface area contributed by atoms with Crippen molar-refractivity contribution in [3.05, 3.63) is 119 Å². The van der Waals surface area contributed by atoms with Gasteiger partial charge in [0, 0.05) is 26.9 Å². The van der Waals surface area contributed by atoms with Gasteiger partial charge in [0.15, 0.2) is 5.13 Å². The standard InChI is InChI=1S/C30H23N3O4S2/c1-18-17-38-30(31-18)33-28(35)26(20-7-3-2-4-8-20)39-22-15-13-21(14-16-22)32-27(34)23-11-5-9-19-10-6-12-24(25(19)23)29(36)37/h2-17,26H,1H3,(H,32,34)(H,36,37)(H,31,33,35). The Hall–Kier alpha value is -4.47. The van der Waals surface area contributed by atoms with E-state index < -0.39 is 17.1 Å². The van der Waals surface area contributed by atoms with E-state index in [2.05, 4.69) is 15.6 Å². The summed E-state index contributed by atoms with van der Waals surface area (Å²) in [4.78, 5) is 43.3. The average Bonchev–Trinajstić information content (AvgIpc) is 3.36. The SMILES string of the molecule is Cc1csc(NC(=O)C(Sc2ccc(NC(=O)c3cccc4cccc(C(=O)O)c34)cc2)c2ccccc2)n1. The molecular formula is C30H23N3O4S2. The first-order valence-electron chi connectivity index (χ1n) is 12.0. The smallest absolute Gasteiger partial charge is 0.336 e. The van der Waals surface area contributed by atoms with Crippen molar-refractivity contribution in [1.29, 1.82) is 0 Å². The number of carboxylic acids is 1. The number of hydrogen-bond donors (Lipinski definition) is 3. The Morgan fingerprint density at radius 1 is 0.846 bits per heavy atom. The Bertz CT molecular complexity index is 1660. The molecule has 5 aromatic rings. The van der Waals surface area contributed by atoms with Crippen LogP contribution in [0.3, 0.4) is 0 Å². The number of hydrogen-bond acceptors (Lipinski definition) is 6. The molecule has 0 saturated carbocycles. The molecule has 0 fully saturated rings. The Labute approximate surface area is 232 Å². The van der Waals surface area contributed by atoms with Gasteiger partial charge in [0.05, 0.1) is 11.3 Å². The predicted molar refractivity (Wildman–Crippen MR) is 156 cm³/mol. The highest BCUT2D eigenvalue weighted by molar-refractivity contribution is 8.00. The first-order valence-corrected chi connectivity index (χ1v) is 13.8. The first-order chi connectivity index (χ1) is 18.9. The number of thiazole rings is 1. The average molecular weight is 554 g/mol. The first kappa shape index (κ1) is 26.1. The van der Waals surface area contributed by atoms with Crippen LogP contribution < -0.4 is 10.6 Å². The number of rotatable bonds is 8. The van der Waals surface area contributed by atoms with Crippen LogP contribution in [0.25, 0.3) is 10.8 Å². The summed E-state index contributed by atoms with van der Waals surface area (Å²) in [6.07, 6.45) is 0. The quantitative estimate of drug-likeness (QED) is 0.178. The minimum atomic E-state index is -1.09. The Morgan fingerprint density at radius 2 is 1.54 bits per heavy atom. The van der Waals surface area contributed by atoms with E-state index in [1.165, 1.54) is 29.2 Å². The summed E-state index contributed by atoms with van der Waals surface area (Å²) >= 11 is 2.77. The summed E-state index contributed by atoms with van der Waals surface area (Å²) in [5.41, 5.74) is 2.61. The van der Waals surface area contributed by atoms with Crippen LogP contribution >= 0.6 is 23.1 Å². The number of aryl methyl sites for hydroxylation is 1. The number of carbonyl (C=O) groups is 3. The maximum Gasteiger partial charge on any atom is 0.336 e. The van der Waals surface area contributed by atoms with Gasteiger partial charge >= 0.3 is 5.97 Å². The molecule has 3 N–H and O–H groups in total. The Balaban J connectivity index is 1.35. The summed E-state index contributed by atoms with van der Waals surface area (Å²) in [6.45, 7) is 1.88. The number of anilines is 2. The van der Waals surface area contributed by atoms with Crippen LogP contribution in [0.15, 0.2) is 101 Å². The van der Waals surface area contributed by atoms with E-state index in [0.29, 0.717) is 21.6 Å². The Kier molecular flexibility index (Phi) is 7.72. The van der Waals surface area contributed by atoms with Gasteiger partial charge in [0.2, 0.25) is 5.91 Å². The van der Waals surface area contributed by atoms with E-state index >= 15 is 0 Å². The molecule has 1 aromatic heterocycles. The molecule has 1 heterocycles. The fourth-order valence-electron chi connectivity index (χ4n) is 4.14. The fourth-order valence-corrected chi connectivity index (χ4v) is 5.86. The summed E-state index contributed by atoms with van der Waals surface area (Å²) in [7, 11) is 0. The molecule has 0 aliphatic rings. The number of carboxylic acid groups (broad SMARTS) is 1. The zero-order valence-electron chi connectivity index (χ0n) is 20.8. The maximum absolute atomic E-state index is 13.2. The van der Waals surface area contributed by atoms with E-state index in [0.717, 1.165) is 16.2 Å². The van der Waals surface area contributed by atoms with Crippen LogP contribution in [-0.4, -0.2) is 27.9 Å². The number of aromatic carboxylic acids is 1. The zero-order valence-corrected chi connectivity index (χ0v) is 22.4. The second-order valence-corrected chi connectivity index (χ2v) is 10.7. The largest absolute Gasteiger partial charge is 0.478 e. The highest BCUT2D eigenvalue weighted by Gasteiger charge is 2.23. The van der Waals surface area contributed by atoms with Crippen LogP contribution in [0.4, 0.5) is 10.8 Å². The number of amides is 2. The van der Waals surface area contributed by atoms with Crippen molar-refractivity contribution in [2.75, 3.05) is 10.6 Å². The van der Waals surface area contributed by atoms with Crippen LogP contribution in [0, 0.1) is 6.92 Å². The van der Waals surface area contributed by atoms with Crippen molar-refractivity contribution < 1.29 is 19.5 Å². The third kappa shape index (κ3) is 6.00. The highest BCUT2D eigenvalue weighted by atomic mass is 32.2. The van der Waals surface area contributed by atoms with Crippen molar-refractivity contribution >= 4 is 62.5 Å². The molecule has 0 aliphatic carbocycles. The van der Waals surface area contributed by atoms with Crippen molar-refractivity contribution in [1.82, 2.24) is 4.98 Å². The maximum atomic E-state index is 13.2. The van der Waals surface area contributed by atoms with Gasteiger partial charge in [-0.3, -0.25) is 9.59 Å². The number of thioether (sulfide) groups is 1. The monoisotopic (exact) mass is 553 g/mol. The molecule has 1 unspecified atom stereocenters. The van der Waals surface area contributed by atoms with Crippen LogP contribution in [0.1, 0.15) is 37.2 Å². The molecule has 4 aromatic carbocycles. The third-order valence-electron chi connectivity index (χ3n) is 5.94. The minimum absolute atomic E-state index is 0.0723. The van der Waals surface area contributed by atoms with Gasteiger partial charge in [-0.2, -0.15) is 0 Å². The van der Waals surface area contributed by atoms with Gasteiger partial charge < -0.3 is 15.7 Å². The summed E-state index contributed by atoms with van der Waals surface area (Å²) in [6, 6.07) is 26.7. The van der Waals surface area contributed by atoms with E-state index in [1.807, 2.05) is 54.8 Å². The number of nitrogens with one attached hydrogen (secondary N) is 2. The van der Waals surface area contributed by atoms with Crippen LogP contribution in [-0.2, 0) is 4.79 Å². The van der Waals surface area contributed by atoms with Gasteiger partial charge in [-0.15, -0.1) is 23.1 Å². The Morgan fingerprint density at radius 3 is 2.18 bits per heavy atom. The number of aromatic nitrogens is 1. The molecule has 1 atom stereocenters. The molecule has 0 radical (unpaired) electrons. The summed E-state index contributed by atoms with van der Waals surface area (Å²) in [5, 5.41) is 18.4. The molecule has 0 aliphatic heterocycles. The summed E-state index contributed by atoms with van der Waals surface area (Å²) < 4.78 is 0. The third-order valence-corrected chi connectivity index (χ3v) is 8.08. The van der Waals surface area contributed by atoms with E-state index in [-0.39, 0.29) is 17.0 Å². The topological polar surface area (TPSA) is 108 Å². The molecule has 0 saturated heterocycles. The molecule has 39 heavy (non-hydrogen) atoms. The fraction of sp³-hybridized carbons (Fsp3) is 0.0667. The lowest BCUT2D eigenvalue weighted by Crippen LogP contribution is -2.19. The van der Waals surface area contributed by atoms with Gasteiger partial charge in [-0.05, 0) is 54.3 Å². The molecule has 2 amide bonds. The van der Waals surface area contributed by atoms with Gasteiger partial charge in [-0.25, -0.2) is 9.78 Å². The normalized spacial score (nSPS) is 11.6. The minimum Gasteiger partial charge on any atom is -0.478 e. The molecule has 0 spiro atoms. The zero-order chi connectivity index (χ0) is 27.4. The van der Waals surface area contributed by atoms with Gasteiger partial charge in [0.25, 0.3) is 5.91 Å². The lowest BCUT2D eigenvalue weighted by Gasteiger charge is -2.16. The molecule has 5 rings (SSSR count). The summed E-state index contributed by atoms with van der Waals surface area (Å²) in [5.74, 6) is -1.68. The van der Waals surface area contributed by atoms with Gasteiger partial charge in [0.1, 0.15) is 5.25 Å². The number of fused-ring (bicyclic) bond motifs is 1. The predicted octanol–water partition coefficient (Wildman–Crippen LogP) is 7.03. The van der Waals surface area contributed by atoms with Gasteiger partial charge in [-0.1, -0.05) is 54.6 Å². The second kappa shape index (κ2) is 11.5. The molecule has 9 heteroatoms. The highest BCUT2D eigenvalue weighted by Crippen LogP contribution is 2.37. The number of nitrogens with zero attached hydrogens (tertiary/aromatic N) is 1.